The zero-order chi connectivity index (χ0) is 18.4. The molecule has 0 fully saturated rings. The van der Waals surface area contributed by atoms with Crippen molar-refractivity contribution in [2.75, 3.05) is 11.9 Å². The molecule has 2 rings (SSSR count). The Labute approximate surface area is 150 Å². The van der Waals surface area contributed by atoms with Gasteiger partial charge in [0.25, 0.3) is 5.91 Å². The lowest BCUT2D eigenvalue weighted by atomic mass is 10.2. The molecule has 2 aromatic rings. The van der Waals surface area contributed by atoms with E-state index in [1.165, 1.54) is 23.1 Å². The zero-order valence-electron chi connectivity index (χ0n) is 13.6. The summed E-state index contributed by atoms with van der Waals surface area (Å²) in [6, 6.07) is 13.3. The number of rotatable bonds is 6. The number of nitrogens with zero attached hydrogens (tertiary/aromatic N) is 1. The molecule has 0 heterocycles. The number of para-hydroxylation sites is 1. The molecule has 2 amide bonds. The van der Waals surface area contributed by atoms with Crippen LogP contribution in [0.5, 0.6) is 5.75 Å². The minimum absolute atomic E-state index is 0.00674. The molecule has 7 heteroatoms. The van der Waals surface area contributed by atoms with E-state index in [1.54, 1.807) is 7.05 Å². The van der Waals surface area contributed by atoms with E-state index >= 15 is 0 Å². The smallest absolute Gasteiger partial charge is 0.273 e. The van der Waals surface area contributed by atoms with Crippen molar-refractivity contribution in [2.45, 2.75) is 6.42 Å². The number of anilines is 1. The molecule has 0 atom stereocenters. The van der Waals surface area contributed by atoms with Crippen molar-refractivity contribution in [3.05, 3.63) is 71.4 Å². The van der Waals surface area contributed by atoms with Crippen LogP contribution in [0.3, 0.4) is 0 Å². The summed E-state index contributed by atoms with van der Waals surface area (Å²) >= 11 is 5.81. The fourth-order valence-corrected chi connectivity index (χ4v) is 2.22. The summed E-state index contributed by atoms with van der Waals surface area (Å²) in [6.07, 6.45) is -0.00674. The third-order valence-corrected chi connectivity index (χ3v) is 3.67. The maximum atomic E-state index is 12.2. The van der Waals surface area contributed by atoms with E-state index in [9.17, 15) is 14.7 Å². The van der Waals surface area contributed by atoms with E-state index in [4.69, 9.17) is 11.6 Å². The van der Waals surface area contributed by atoms with Crippen molar-refractivity contribution >= 4 is 29.1 Å². The maximum absolute atomic E-state index is 12.2. The molecule has 3 N–H and O–H groups in total. The SMILES string of the molecule is C=C(CC(=O)N(C)c1ccccc1)NNC(=O)c1cc(Cl)ccc1O. The standard InChI is InChI=1S/C18H18ClN3O3/c1-12(10-17(24)22(2)14-6-4-3-5-7-14)20-21-18(25)15-11-13(19)8-9-16(15)23/h3-9,11,20,23H,1,10H2,2H3,(H,21,25). The van der Waals surface area contributed by atoms with Crippen LogP contribution in [-0.2, 0) is 4.79 Å². The molecule has 0 aliphatic rings. The van der Waals surface area contributed by atoms with Gasteiger partial charge in [0.1, 0.15) is 5.75 Å². The van der Waals surface area contributed by atoms with E-state index < -0.39 is 5.91 Å². The fraction of sp³-hybridized carbons (Fsp3) is 0.111. The van der Waals surface area contributed by atoms with E-state index in [2.05, 4.69) is 17.4 Å². The monoisotopic (exact) mass is 359 g/mol. The second-order valence-electron chi connectivity index (χ2n) is 5.31. The first-order valence-electron chi connectivity index (χ1n) is 7.42. The molecule has 130 valence electrons. The average Bonchev–Trinajstić information content (AvgIpc) is 2.61. The van der Waals surface area contributed by atoms with Gasteiger partial charge in [0.2, 0.25) is 5.91 Å². The number of hydrogen-bond acceptors (Lipinski definition) is 4. The Bertz CT molecular complexity index is 793. The van der Waals surface area contributed by atoms with Gasteiger partial charge in [-0.05, 0) is 30.3 Å². The largest absolute Gasteiger partial charge is 0.507 e. The van der Waals surface area contributed by atoms with Gasteiger partial charge in [0.15, 0.2) is 0 Å². The maximum Gasteiger partial charge on any atom is 0.273 e. The van der Waals surface area contributed by atoms with Crippen LogP contribution < -0.4 is 15.8 Å². The number of phenolic OH excluding ortho intramolecular Hbond substituents is 1. The van der Waals surface area contributed by atoms with Gasteiger partial charge in [-0.3, -0.25) is 15.0 Å². The molecule has 0 unspecified atom stereocenters. The minimum atomic E-state index is -0.593. The van der Waals surface area contributed by atoms with Gasteiger partial charge in [-0.15, -0.1) is 0 Å². The molecule has 2 aromatic carbocycles. The lowest BCUT2D eigenvalue weighted by molar-refractivity contribution is -0.117. The number of carbonyl (C=O) groups excluding carboxylic acids is 2. The van der Waals surface area contributed by atoms with Crippen molar-refractivity contribution in [1.82, 2.24) is 10.9 Å². The number of phenols is 1. The molecule has 0 spiro atoms. The second-order valence-corrected chi connectivity index (χ2v) is 5.75. The number of hydrogen-bond donors (Lipinski definition) is 3. The van der Waals surface area contributed by atoms with E-state index in [0.29, 0.717) is 10.7 Å². The van der Waals surface area contributed by atoms with Crippen LogP contribution >= 0.6 is 11.6 Å². The molecule has 0 radical (unpaired) electrons. The number of hydrazine groups is 1. The Morgan fingerprint density at radius 3 is 2.52 bits per heavy atom. The van der Waals surface area contributed by atoms with Gasteiger partial charge >= 0.3 is 0 Å². The van der Waals surface area contributed by atoms with E-state index in [-0.39, 0.29) is 23.6 Å². The van der Waals surface area contributed by atoms with Gasteiger partial charge in [-0.2, -0.15) is 0 Å². The number of carbonyl (C=O) groups is 2. The minimum Gasteiger partial charge on any atom is -0.507 e. The summed E-state index contributed by atoms with van der Waals surface area (Å²) in [5, 5.41) is 10.0. The Kier molecular flexibility index (Phi) is 6.03. The van der Waals surface area contributed by atoms with Crippen molar-refractivity contribution in [3.63, 3.8) is 0 Å². The van der Waals surface area contributed by atoms with Gasteiger partial charge in [0.05, 0.1) is 12.0 Å². The average molecular weight is 360 g/mol. The zero-order valence-corrected chi connectivity index (χ0v) is 14.4. The summed E-state index contributed by atoms with van der Waals surface area (Å²) in [6.45, 7) is 3.71. The molecule has 0 saturated carbocycles. The van der Waals surface area contributed by atoms with E-state index in [1.807, 2.05) is 30.3 Å². The number of benzene rings is 2. The highest BCUT2D eigenvalue weighted by molar-refractivity contribution is 6.31. The lowest BCUT2D eigenvalue weighted by Gasteiger charge is -2.18. The molecule has 25 heavy (non-hydrogen) atoms. The first-order valence-corrected chi connectivity index (χ1v) is 7.80. The van der Waals surface area contributed by atoms with Crippen LogP contribution in [0.1, 0.15) is 16.8 Å². The fourth-order valence-electron chi connectivity index (χ4n) is 2.04. The Morgan fingerprint density at radius 2 is 1.84 bits per heavy atom. The summed E-state index contributed by atoms with van der Waals surface area (Å²) in [4.78, 5) is 25.8. The summed E-state index contributed by atoms with van der Waals surface area (Å²) in [7, 11) is 1.66. The quantitative estimate of drug-likeness (QED) is 0.693. The predicted octanol–water partition coefficient (Wildman–Crippen LogP) is 2.85. The number of nitrogens with one attached hydrogen (secondary N) is 2. The van der Waals surface area contributed by atoms with Gasteiger partial charge < -0.3 is 15.4 Å². The highest BCUT2D eigenvalue weighted by atomic mass is 35.5. The van der Waals surface area contributed by atoms with Crippen LogP contribution in [0, 0.1) is 0 Å². The molecular formula is C18H18ClN3O3. The molecule has 0 aliphatic carbocycles. The molecule has 0 aromatic heterocycles. The highest BCUT2D eigenvalue weighted by Crippen LogP contribution is 2.21. The lowest BCUT2D eigenvalue weighted by Crippen LogP contribution is -2.38. The summed E-state index contributed by atoms with van der Waals surface area (Å²) in [5.74, 6) is -0.984. The normalized spacial score (nSPS) is 10.0. The van der Waals surface area contributed by atoms with Crippen LogP contribution in [-0.4, -0.2) is 24.0 Å². The Morgan fingerprint density at radius 1 is 1.16 bits per heavy atom. The first kappa shape index (κ1) is 18.4. The van der Waals surface area contributed by atoms with Crippen molar-refractivity contribution in [3.8, 4) is 5.75 Å². The highest BCUT2D eigenvalue weighted by Gasteiger charge is 2.14. The van der Waals surface area contributed by atoms with Crippen molar-refractivity contribution < 1.29 is 14.7 Å². The Balaban J connectivity index is 1.89. The molecule has 6 nitrogen and oxygen atoms in total. The van der Waals surface area contributed by atoms with Crippen LogP contribution in [0.15, 0.2) is 60.8 Å². The van der Waals surface area contributed by atoms with Gasteiger partial charge in [0, 0.05) is 23.5 Å². The molecule has 0 saturated heterocycles. The second kappa shape index (κ2) is 8.21. The van der Waals surface area contributed by atoms with E-state index in [0.717, 1.165) is 5.69 Å². The summed E-state index contributed by atoms with van der Waals surface area (Å²) < 4.78 is 0. The molecule has 0 bridgehead atoms. The Hall–Kier alpha value is -2.99. The van der Waals surface area contributed by atoms with Crippen molar-refractivity contribution in [2.24, 2.45) is 0 Å². The van der Waals surface area contributed by atoms with Crippen LogP contribution in [0.2, 0.25) is 5.02 Å². The topological polar surface area (TPSA) is 81.7 Å². The predicted molar refractivity (Wildman–Crippen MR) is 97.3 cm³/mol. The van der Waals surface area contributed by atoms with Crippen molar-refractivity contribution in [1.29, 1.82) is 0 Å². The number of aromatic hydroxyl groups is 1. The van der Waals surface area contributed by atoms with Crippen LogP contribution in [0.25, 0.3) is 0 Å². The van der Waals surface area contributed by atoms with Crippen LogP contribution in [0.4, 0.5) is 5.69 Å². The number of halogens is 1. The third kappa shape index (κ3) is 4.99. The van der Waals surface area contributed by atoms with Gasteiger partial charge in [-0.25, -0.2) is 0 Å². The number of amides is 2. The third-order valence-electron chi connectivity index (χ3n) is 3.44. The molecular weight excluding hydrogens is 342 g/mol. The van der Waals surface area contributed by atoms with Gasteiger partial charge in [-0.1, -0.05) is 36.4 Å². The summed E-state index contributed by atoms with van der Waals surface area (Å²) in [5.41, 5.74) is 6.02. The first-order chi connectivity index (χ1) is 11.9. The molecule has 0 aliphatic heterocycles.